The van der Waals surface area contributed by atoms with Gasteiger partial charge in [-0.2, -0.15) is 0 Å². The van der Waals surface area contributed by atoms with Crippen LogP contribution in [-0.4, -0.2) is 23.4 Å². The van der Waals surface area contributed by atoms with Gasteiger partial charge in [-0.05, 0) is 37.1 Å². The van der Waals surface area contributed by atoms with Gasteiger partial charge in [0.25, 0.3) is 0 Å². The van der Waals surface area contributed by atoms with E-state index in [1.807, 2.05) is 0 Å². The van der Waals surface area contributed by atoms with Crippen LogP contribution in [0, 0.1) is 5.82 Å². The average Bonchev–Trinajstić information content (AvgIpc) is 3.42. The van der Waals surface area contributed by atoms with Gasteiger partial charge in [-0.15, -0.1) is 0 Å². The van der Waals surface area contributed by atoms with Crippen LogP contribution in [0.5, 0.6) is 0 Å². The first-order chi connectivity index (χ1) is 12.5. The van der Waals surface area contributed by atoms with Crippen LogP contribution in [0.1, 0.15) is 24.8 Å². The maximum Gasteiger partial charge on any atom is 0.225 e. The van der Waals surface area contributed by atoms with Gasteiger partial charge in [-0.1, -0.05) is 46.9 Å². The van der Waals surface area contributed by atoms with Crippen molar-refractivity contribution in [2.45, 2.75) is 31.8 Å². The number of hydrogen-bond donors (Lipinski definition) is 1. The molecule has 1 fully saturated rings. The number of carbonyl (C=O) groups excluding carboxylic acids is 1. The van der Waals surface area contributed by atoms with Crippen LogP contribution in [0.2, 0.25) is 15.1 Å². The Labute approximate surface area is 167 Å². The highest BCUT2D eigenvalue weighted by molar-refractivity contribution is 6.39. The molecule has 0 aliphatic heterocycles. The standard InChI is InChI=1S/C19H18Cl3FN2O/c20-14-3-2-6-17(23)13(14)11-25(12-7-8-12)10-9-18(26)24-19-15(21)4-1-5-16(19)22/h1-6,12H,7-11H2,(H,24,26). The Morgan fingerprint density at radius 3 is 2.31 bits per heavy atom. The molecule has 0 radical (unpaired) electrons. The van der Waals surface area contributed by atoms with E-state index in [-0.39, 0.29) is 18.1 Å². The van der Waals surface area contributed by atoms with Crippen molar-refractivity contribution in [3.63, 3.8) is 0 Å². The number of nitrogens with zero attached hydrogens (tertiary/aromatic N) is 1. The van der Waals surface area contributed by atoms with E-state index in [0.29, 0.717) is 45.5 Å². The van der Waals surface area contributed by atoms with Gasteiger partial charge in [-0.25, -0.2) is 4.39 Å². The second kappa shape index (κ2) is 8.57. The van der Waals surface area contributed by atoms with E-state index in [9.17, 15) is 9.18 Å². The average molecular weight is 416 g/mol. The number of amides is 1. The number of anilines is 1. The first kappa shape index (κ1) is 19.4. The molecular formula is C19H18Cl3FN2O. The summed E-state index contributed by atoms with van der Waals surface area (Å²) in [6.07, 6.45) is 2.35. The lowest BCUT2D eigenvalue weighted by Crippen LogP contribution is -2.30. The van der Waals surface area contributed by atoms with Crippen molar-refractivity contribution < 1.29 is 9.18 Å². The lowest BCUT2D eigenvalue weighted by molar-refractivity contribution is -0.116. The largest absolute Gasteiger partial charge is 0.324 e. The van der Waals surface area contributed by atoms with Crippen LogP contribution in [0.15, 0.2) is 36.4 Å². The predicted molar refractivity (Wildman–Crippen MR) is 105 cm³/mol. The lowest BCUT2D eigenvalue weighted by atomic mass is 10.2. The zero-order valence-corrected chi connectivity index (χ0v) is 16.2. The van der Waals surface area contributed by atoms with Crippen molar-refractivity contribution in [1.29, 1.82) is 0 Å². The normalized spacial score (nSPS) is 13.9. The molecule has 2 aromatic rings. The highest BCUT2D eigenvalue weighted by atomic mass is 35.5. The fourth-order valence-corrected chi connectivity index (χ4v) is 3.50. The van der Waals surface area contributed by atoms with E-state index in [0.717, 1.165) is 12.8 Å². The summed E-state index contributed by atoms with van der Waals surface area (Å²) in [6.45, 7) is 0.888. The van der Waals surface area contributed by atoms with Crippen molar-refractivity contribution in [1.82, 2.24) is 4.90 Å². The summed E-state index contributed by atoms with van der Waals surface area (Å²) < 4.78 is 14.1. The van der Waals surface area contributed by atoms with Gasteiger partial charge in [0.15, 0.2) is 0 Å². The maximum absolute atomic E-state index is 14.1. The van der Waals surface area contributed by atoms with Gasteiger partial charge in [-0.3, -0.25) is 9.69 Å². The molecule has 26 heavy (non-hydrogen) atoms. The van der Waals surface area contributed by atoms with Crippen LogP contribution >= 0.6 is 34.8 Å². The summed E-state index contributed by atoms with van der Waals surface area (Å²) in [5, 5.41) is 3.94. The van der Waals surface area contributed by atoms with E-state index in [4.69, 9.17) is 34.8 Å². The van der Waals surface area contributed by atoms with E-state index in [1.54, 1.807) is 30.3 Å². The van der Waals surface area contributed by atoms with E-state index < -0.39 is 0 Å². The van der Waals surface area contributed by atoms with E-state index in [1.165, 1.54) is 6.07 Å². The molecule has 0 heterocycles. The Hall–Kier alpha value is -1.33. The SMILES string of the molecule is O=C(CCN(Cc1c(F)cccc1Cl)C1CC1)Nc1c(Cl)cccc1Cl. The number of hydrogen-bond acceptors (Lipinski definition) is 2. The summed E-state index contributed by atoms with van der Waals surface area (Å²) in [7, 11) is 0. The molecule has 0 unspecified atom stereocenters. The van der Waals surface area contributed by atoms with Gasteiger partial charge in [0.1, 0.15) is 5.82 Å². The number of rotatable bonds is 7. The number of nitrogens with one attached hydrogen (secondary N) is 1. The molecular weight excluding hydrogens is 398 g/mol. The van der Waals surface area contributed by atoms with Crippen LogP contribution in [0.3, 0.4) is 0 Å². The van der Waals surface area contributed by atoms with Crippen LogP contribution in [0.4, 0.5) is 10.1 Å². The van der Waals surface area contributed by atoms with Gasteiger partial charge >= 0.3 is 0 Å². The molecule has 1 saturated carbocycles. The van der Waals surface area contributed by atoms with Crippen molar-refractivity contribution in [2.24, 2.45) is 0 Å². The van der Waals surface area contributed by atoms with Crippen molar-refractivity contribution >= 4 is 46.4 Å². The molecule has 1 N–H and O–H groups in total. The number of para-hydroxylation sites is 1. The molecule has 3 rings (SSSR count). The Morgan fingerprint density at radius 2 is 1.69 bits per heavy atom. The minimum absolute atomic E-state index is 0.190. The zero-order valence-electron chi connectivity index (χ0n) is 13.9. The lowest BCUT2D eigenvalue weighted by Gasteiger charge is -2.22. The van der Waals surface area contributed by atoms with E-state index >= 15 is 0 Å². The number of carbonyl (C=O) groups is 1. The van der Waals surface area contributed by atoms with Crippen LogP contribution in [0.25, 0.3) is 0 Å². The van der Waals surface area contributed by atoms with Gasteiger partial charge < -0.3 is 5.32 Å². The predicted octanol–water partition coefficient (Wildman–Crippen LogP) is 5.78. The third-order valence-electron chi connectivity index (χ3n) is 4.34. The molecule has 138 valence electrons. The van der Waals surface area contributed by atoms with Crippen LogP contribution < -0.4 is 5.32 Å². The molecule has 0 saturated heterocycles. The minimum Gasteiger partial charge on any atom is -0.324 e. The molecule has 3 nitrogen and oxygen atoms in total. The fourth-order valence-electron chi connectivity index (χ4n) is 2.78. The highest BCUT2D eigenvalue weighted by Crippen LogP contribution is 2.32. The smallest absolute Gasteiger partial charge is 0.225 e. The summed E-state index contributed by atoms with van der Waals surface area (Å²) in [6, 6.07) is 10.1. The number of benzene rings is 2. The molecule has 0 spiro atoms. The van der Waals surface area contributed by atoms with Gasteiger partial charge in [0.05, 0.1) is 15.7 Å². The molecule has 7 heteroatoms. The molecule has 0 aromatic heterocycles. The maximum atomic E-state index is 14.1. The summed E-state index contributed by atoms with van der Waals surface area (Å²) in [5.41, 5.74) is 0.881. The van der Waals surface area contributed by atoms with E-state index in [2.05, 4.69) is 10.2 Å². The van der Waals surface area contributed by atoms with Crippen molar-refractivity contribution in [2.75, 3.05) is 11.9 Å². The van der Waals surface area contributed by atoms with Crippen molar-refractivity contribution in [3.05, 3.63) is 62.8 Å². The highest BCUT2D eigenvalue weighted by Gasteiger charge is 2.30. The second-order valence-electron chi connectivity index (χ2n) is 6.30. The Bertz CT molecular complexity index is 771. The Balaban J connectivity index is 1.62. The molecule has 2 aromatic carbocycles. The monoisotopic (exact) mass is 414 g/mol. The fraction of sp³-hybridized carbons (Fsp3) is 0.316. The van der Waals surface area contributed by atoms with Crippen LogP contribution in [-0.2, 0) is 11.3 Å². The molecule has 1 aliphatic rings. The summed E-state index contributed by atoms with van der Waals surface area (Å²) in [4.78, 5) is 14.4. The van der Waals surface area contributed by atoms with Gasteiger partial charge in [0, 0.05) is 36.1 Å². The van der Waals surface area contributed by atoms with Gasteiger partial charge in [0.2, 0.25) is 5.91 Å². The quantitative estimate of drug-likeness (QED) is 0.622. The zero-order chi connectivity index (χ0) is 18.7. The number of halogens is 4. The van der Waals surface area contributed by atoms with Crippen molar-refractivity contribution in [3.8, 4) is 0 Å². The topological polar surface area (TPSA) is 32.3 Å². The first-order valence-corrected chi connectivity index (χ1v) is 9.50. The molecule has 1 aliphatic carbocycles. The third kappa shape index (κ3) is 4.89. The Kier molecular flexibility index (Phi) is 6.41. The second-order valence-corrected chi connectivity index (χ2v) is 7.52. The molecule has 1 amide bonds. The minimum atomic E-state index is -0.324. The molecule has 0 bridgehead atoms. The third-order valence-corrected chi connectivity index (χ3v) is 5.32. The Morgan fingerprint density at radius 1 is 1.08 bits per heavy atom. The summed E-state index contributed by atoms with van der Waals surface area (Å²) >= 11 is 18.3. The first-order valence-electron chi connectivity index (χ1n) is 8.36. The molecule has 0 atom stereocenters. The summed E-state index contributed by atoms with van der Waals surface area (Å²) in [5.74, 6) is -0.513.